The lowest BCUT2D eigenvalue weighted by molar-refractivity contribution is -0.390. The third-order valence-corrected chi connectivity index (χ3v) is 2.79. The molecule has 2 N–H and O–H groups in total. The fourth-order valence-electron chi connectivity index (χ4n) is 2.02. The Kier molecular flexibility index (Phi) is 2.96. The van der Waals surface area contributed by atoms with Gasteiger partial charge >= 0.3 is 5.82 Å². The molecule has 1 atom stereocenters. The molecule has 1 aliphatic rings. The molecule has 0 radical (unpaired) electrons. The Morgan fingerprint density at radius 1 is 1.67 bits per heavy atom. The SMILES string of the molecule is O=[N+]([O-])c1[nH]ncc1CC1CCCNC1. The van der Waals surface area contributed by atoms with E-state index in [4.69, 9.17) is 0 Å². The van der Waals surface area contributed by atoms with Crippen molar-refractivity contribution in [1.82, 2.24) is 15.5 Å². The van der Waals surface area contributed by atoms with E-state index in [0.29, 0.717) is 11.5 Å². The van der Waals surface area contributed by atoms with Gasteiger partial charge in [0.2, 0.25) is 0 Å². The Balaban J connectivity index is 2.03. The van der Waals surface area contributed by atoms with E-state index >= 15 is 0 Å². The molecule has 2 rings (SSSR count). The normalized spacial score (nSPS) is 21.5. The second kappa shape index (κ2) is 4.39. The highest BCUT2D eigenvalue weighted by atomic mass is 16.6. The Hall–Kier alpha value is -1.43. The summed E-state index contributed by atoms with van der Waals surface area (Å²) in [6.45, 7) is 2.01. The molecule has 0 aromatic carbocycles. The molecule has 1 unspecified atom stereocenters. The van der Waals surface area contributed by atoms with Gasteiger partial charge in [0.1, 0.15) is 0 Å². The molecule has 1 aliphatic heterocycles. The summed E-state index contributed by atoms with van der Waals surface area (Å²) in [5.41, 5.74) is 0.716. The Morgan fingerprint density at radius 2 is 2.53 bits per heavy atom. The van der Waals surface area contributed by atoms with Gasteiger partial charge in [-0.05, 0) is 43.2 Å². The highest BCUT2D eigenvalue weighted by molar-refractivity contribution is 5.29. The summed E-state index contributed by atoms with van der Waals surface area (Å²) in [7, 11) is 0. The number of piperidine rings is 1. The first kappa shape index (κ1) is 10.1. The molecular formula is C9H14N4O2. The molecule has 6 heteroatoms. The predicted molar refractivity (Wildman–Crippen MR) is 54.5 cm³/mol. The molecule has 6 nitrogen and oxygen atoms in total. The van der Waals surface area contributed by atoms with Crippen LogP contribution in [0.1, 0.15) is 18.4 Å². The molecule has 82 valence electrons. The smallest absolute Gasteiger partial charge is 0.345 e. The molecule has 0 aliphatic carbocycles. The average molecular weight is 210 g/mol. The summed E-state index contributed by atoms with van der Waals surface area (Å²) >= 11 is 0. The van der Waals surface area contributed by atoms with E-state index in [1.165, 1.54) is 0 Å². The van der Waals surface area contributed by atoms with Crippen LogP contribution in [0.2, 0.25) is 0 Å². The molecule has 1 saturated heterocycles. The molecule has 1 aromatic heterocycles. The zero-order valence-electron chi connectivity index (χ0n) is 8.40. The van der Waals surface area contributed by atoms with Crippen molar-refractivity contribution >= 4 is 5.82 Å². The summed E-state index contributed by atoms with van der Waals surface area (Å²) in [5, 5.41) is 20.1. The van der Waals surface area contributed by atoms with Crippen LogP contribution in [0, 0.1) is 16.0 Å². The molecule has 1 aromatic rings. The van der Waals surface area contributed by atoms with Gasteiger partial charge in [0.15, 0.2) is 0 Å². The highest BCUT2D eigenvalue weighted by Crippen LogP contribution is 2.21. The number of hydrogen-bond acceptors (Lipinski definition) is 4. The van der Waals surface area contributed by atoms with Gasteiger partial charge < -0.3 is 15.4 Å². The topological polar surface area (TPSA) is 83.8 Å². The molecule has 0 bridgehead atoms. The van der Waals surface area contributed by atoms with Crippen LogP contribution in [0.15, 0.2) is 6.20 Å². The maximum absolute atomic E-state index is 10.6. The van der Waals surface area contributed by atoms with E-state index in [0.717, 1.165) is 32.4 Å². The third kappa shape index (κ3) is 2.33. The lowest BCUT2D eigenvalue weighted by Gasteiger charge is -2.21. The van der Waals surface area contributed by atoms with Gasteiger partial charge in [-0.25, -0.2) is 0 Å². The van der Waals surface area contributed by atoms with Crippen LogP contribution in [0.4, 0.5) is 5.82 Å². The zero-order chi connectivity index (χ0) is 10.7. The predicted octanol–water partition coefficient (Wildman–Crippen LogP) is 0.860. The Morgan fingerprint density at radius 3 is 3.20 bits per heavy atom. The molecule has 0 amide bonds. The van der Waals surface area contributed by atoms with E-state index < -0.39 is 4.92 Å². The first-order chi connectivity index (χ1) is 7.27. The number of H-pyrrole nitrogens is 1. The Bertz CT molecular complexity index is 344. The van der Waals surface area contributed by atoms with E-state index in [-0.39, 0.29) is 5.82 Å². The monoisotopic (exact) mass is 210 g/mol. The van der Waals surface area contributed by atoms with Gasteiger partial charge in [0.25, 0.3) is 0 Å². The van der Waals surface area contributed by atoms with Crippen molar-refractivity contribution in [2.45, 2.75) is 19.3 Å². The minimum atomic E-state index is -0.404. The number of nitrogens with one attached hydrogen (secondary N) is 2. The molecule has 0 saturated carbocycles. The fraction of sp³-hybridized carbons (Fsp3) is 0.667. The molecule has 1 fully saturated rings. The van der Waals surface area contributed by atoms with Gasteiger partial charge in [-0.3, -0.25) is 0 Å². The van der Waals surface area contributed by atoms with Crippen LogP contribution in [0.3, 0.4) is 0 Å². The lowest BCUT2D eigenvalue weighted by atomic mass is 9.93. The first-order valence-corrected chi connectivity index (χ1v) is 5.14. The van der Waals surface area contributed by atoms with Gasteiger partial charge in [0, 0.05) is 0 Å². The summed E-state index contributed by atoms with van der Waals surface area (Å²) in [4.78, 5) is 10.2. The van der Waals surface area contributed by atoms with Crippen LogP contribution < -0.4 is 5.32 Å². The summed E-state index contributed by atoms with van der Waals surface area (Å²) < 4.78 is 0. The van der Waals surface area contributed by atoms with Crippen molar-refractivity contribution in [3.8, 4) is 0 Å². The second-order valence-electron chi connectivity index (χ2n) is 3.92. The number of aromatic nitrogens is 2. The number of hydrogen-bond donors (Lipinski definition) is 2. The molecule has 0 spiro atoms. The van der Waals surface area contributed by atoms with E-state index in [9.17, 15) is 10.1 Å². The average Bonchev–Trinajstić information content (AvgIpc) is 2.67. The first-order valence-electron chi connectivity index (χ1n) is 5.14. The van der Waals surface area contributed by atoms with E-state index in [1.807, 2.05) is 0 Å². The van der Waals surface area contributed by atoms with Gasteiger partial charge in [-0.15, -0.1) is 5.10 Å². The summed E-state index contributed by atoms with van der Waals surface area (Å²) in [5.74, 6) is 0.538. The largest absolute Gasteiger partial charge is 0.358 e. The molecular weight excluding hydrogens is 196 g/mol. The molecule has 15 heavy (non-hydrogen) atoms. The Labute approximate surface area is 87.2 Å². The second-order valence-corrected chi connectivity index (χ2v) is 3.92. The van der Waals surface area contributed by atoms with Crippen molar-refractivity contribution in [2.75, 3.05) is 13.1 Å². The van der Waals surface area contributed by atoms with E-state index in [2.05, 4.69) is 15.5 Å². The summed E-state index contributed by atoms with van der Waals surface area (Å²) in [6, 6.07) is 0. The minimum absolute atomic E-state index is 0.0422. The zero-order valence-corrected chi connectivity index (χ0v) is 8.40. The van der Waals surface area contributed by atoms with Crippen LogP contribution in [-0.2, 0) is 6.42 Å². The number of aromatic amines is 1. The van der Waals surface area contributed by atoms with Crippen molar-refractivity contribution in [2.24, 2.45) is 5.92 Å². The lowest BCUT2D eigenvalue weighted by Crippen LogP contribution is -2.30. The maximum atomic E-state index is 10.6. The maximum Gasteiger partial charge on any atom is 0.345 e. The van der Waals surface area contributed by atoms with Crippen LogP contribution in [0.25, 0.3) is 0 Å². The number of nitro groups is 1. The van der Waals surface area contributed by atoms with Gasteiger partial charge in [-0.2, -0.15) is 0 Å². The van der Waals surface area contributed by atoms with Crippen molar-refractivity contribution in [3.05, 3.63) is 21.9 Å². The van der Waals surface area contributed by atoms with Crippen LogP contribution >= 0.6 is 0 Å². The summed E-state index contributed by atoms with van der Waals surface area (Å²) in [6.07, 6.45) is 4.58. The fourth-order valence-corrected chi connectivity index (χ4v) is 2.02. The standard InChI is InChI=1S/C9H14N4O2/c14-13(15)9-8(6-11-12-9)4-7-2-1-3-10-5-7/h6-7,10H,1-5H2,(H,11,12). The van der Waals surface area contributed by atoms with Gasteiger partial charge in [-0.1, -0.05) is 5.10 Å². The minimum Gasteiger partial charge on any atom is -0.358 e. The van der Waals surface area contributed by atoms with Crippen molar-refractivity contribution in [1.29, 1.82) is 0 Å². The number of nitrogens with zero attached hydrogens (tertiary/aromatic N) is 2. The van der Waals surface area contributed by atoms with E-state index in [1.54, 1.807) is 6.20 Å². The highest BCUT2D eigenvalue weighted by Gasteiger charge is 2.20. The van der Waals surface area contributed by atoms with Crippen LogP contribution in [-0.4, -0.2) is 28.2 Å². The van der Waals surface area contributed by atoms with Gasteiger partial charge in [0.05, 0.1) is 11.8 Å². The van der Waals surface area contributed by atoms with Crippen molar-refractivity contribution < 1.29 is 4.92 Å². The quantitative estimate of drug-likeness (QED) is 0.572. The molecule has 2 heterocycles. The third-order valence-electron chi connectivity index (χ3n) is 2.79. The van der Waals surface area contributed by atoms with Crippen LogP contribution in [0.5, 0.6) is 0 Å². The van der Waals surface area contributed by atoms with Crippen molar-refractivity contribution in [3.63, 3.8) is 0 Å². The number of rotatable bonds is 3.